The number of aromatic nitrogens is 4. The molecule has 182 valence electrons. The highest BCUT2D eigenvalue weighted by Gasteiger charge is 2.15. The molecule has 0 N–H and O–H groups in total. The number of hydrogen-bond acceptors (Lipinski definition) is 4. The molecule has 0 aliphatic heterocycles. The fourth-order valence-corrected chi connectivity index (χ4v) is 5.58. The Kier molecular flexibility index (Phi) is 5.15. The van der Waals surface area contributed by atoms with Crippen molar-refractivity contribution in [3.05, 3.63) is 108 Å². The van der Waals surface area contributed by atoms with Crippen LogP contribution in [-0.4, -0.2) is 19.9 Å². The van der Waals surface area contributed by atoms with E-state index in [2.05, 4.69) is 105 Å². The van der Waals surface area contributed by atoms with E-state index in [9.17, 15) is 0 Å². The second-order valence-corrected chi connectivity index (χ2v) is 9.93. The highest BCUT2D eigenvalue weighted by molar-refractivity contribution is 6.07. The SMILES string of the molecule is CCc1cccc2ccc3ccc(-c4nc(-c5ccc6ccc7cccnc7c6n5)c(C)cc4C)nc3c12. The first-order valence-corrected chi connectivity index (χ1v) is 13.1. The average Bonchev–Trinajstić information content (AvgIpc) is 2.96. The Balaban J connectivity index is 1.44. The van der Waals surface area contributed by atoms with Crippen LogP contribution in [-0.2, 0) is 6.42 Å². The average molecular weight is 491 g/mol. The summed E-state index contributed by atoms with van der Waals surface area (Å²) < 4.78 is 0. The summed E-state index contributed by atoms with van der Waals surface area (Å²) in [7, 11) is 0. The van der Waals surface area contributed by atoms with E-state index in [4.69, 9.17) is 15.0 Å². The molecule has 4 heteroatoms. The van der Waals surface area contributed by atoms with E-state index in [1.54, 1.807) is 0 Å². The van der Waals surface area contributed by atoms with Gasteiger partial charge >= 0.3 is 0 Å². The standard InChI is InChI=1S/C34H26N4/c1-4-22-7-5-8-23-10-11-25-14-16-27(36-32(25)29(22)23)30-20(2)19-21(3)31(38-30)28-17-15-26-13-12-24-9-6-18-35-33(24)34(26)37-28/h5-19H,4H2,1-3H3. The number of aryl methyl sites for hydroxylation is 3. The maximum atomic E-state index is 5.21. The molecule has 0 atom stereocenters. The van der Waals surface area contributed by atoms with Gasteiger partial charge in [-0.2, -0.15) is 0 Å². The van der Waals surface area contributed by atoms with Crippen molar-refractivity contribution in [1.82, 2.24) is 19.9 Å². The summed E-state index contributed by atoms with van der Waals surface area (Å²) in [6.07, 6.45) is 2.79. The van der Waals surface area contributed by atoms with Crippen molar-refractivity contribution in [2.75, 3.05) is 0 Å². The Morgan fingerprint density at radius 2 is 1.13 bits per heavy atom. The van der Waals surface area contributed by atoms with Gasteiger partial charge in [-0.1, -0.05) is 73.7 Å². The van der Waals surface area contributed by atoms with Crippen LogP contribution in [0.3, 0.4) is 0 Å². The zero-order valence-corrected chi connectivity index (χ0v) is 21.7. The van der Waals surface area contributed by atoms with Crippen LogP contribution >= 0.6 is 0 Å². The summed E-state index contributed by atoms with van der Waals surface area (Å²) in [6, 6.07) is 29.7. The lowest BCUT2D eigenvalue weighted by Gasteiger charge is -2.13. The Morgan fingerprint density at radius 1 is 0.553 bits per heavy atom. The van der Waals surface area contributed by atoms with Crippen LogP contribution in [0, 0.1) is 13.8 Å². The number of benzene rings is 3. The van der Waals surface area contributed by atoms with Crippen LogP contribution in [0.15, 0.2) is 91.1 Å². The van der Waals surface area contributed by atoms with Gasteiger partial charge < -0.3 is 0 Å². The minimum atomic E-state index is 0.842. The smallest absolute Gasteiger partial charge is 0.0972 e. The Hall–Kier alpha value is -4.70. The molecule has 0 saturated carbocycles. The molecule has 0 unspecified atom stereocenters. The maximum Gasteiger partial charge on any atom is 0.0972 e. The Morgan fingerprint density at radius 3 is 1.84 bits per heavy atom. The van der Waals surface area contributed by atoms with Gasteiger partial charge in [0, 0.05) is 27.7 Å². The molecule has 38 heavy (non-hydrogen) atoms. The molecule has 4 heterocycles. The van der Waals surface area contributed by atoms with Crippen molar-refractivity contribution >= 4 is 43.5 Å². The fourth-order valence-electron chi connectivity index (χ4n) is 5.58. The van der Waals surface area contributed by atoms with Gasteiger partial charge in [-0.15, -0.1) is 0 Å². The van der Waals surface area contributed by atoms with E-state index in [0.29, 0.717) is 0 Å². The molecule has 0 saturated heterocycles. The third-order valence-corrected chi connectivity index (χ3v) is 7.49. The molecular weight excluding hydrogens is 464 g/mol. The lowest BCUT2D eigenvalue weighted by molar-refractivity contribution is 1.16. The lowest BCUT2D eigenvalue weighted by atomic mass is 9.98. The molecular formula is C34H26N4. The highest BCUT2D eigenvalue weighted by atomic mass is 14.8. The van der Waals surface area contributed by atoms with E-state index >= 15 is 0 Å². The topological polar surface area (TPSA) is 51.6 Å². The molecule has 0 radical (unpaired) electrons. The third kappa shape index (κ3) is 3.52. The number of rotatable bonds is 3. The van der Waals surface area contributed by atoms with Crippen LogP contribution in [0.5, 0.6) is 0 Å². The van der Waals surface area contributed by atoms with E-state index in [1.807, 2.05) is 12.3 Å². The molecule has 0 aliphatic carbocycles. The molecule has 0 amide bonds. The molecule has 7 rings (SSSR count). The molecule has 4 nitrogen and oxygen atoms in total. The lowest BCUT2D eigenvalue weighted by Crippen LogP contribution is -1.99. The van der Waals surface area contributed by atoms with E-state index < -0.39 is 0 Å². The molecule has 3 aromatic carbocycles. The van der Waals surface area contributed by atoms with Gasteiger partial charge in [-0.25, -0.2) is 15.0 Å². The highest BCUT2D eigenvalue weighted by Crippen LogP contribution is 2.33. The summed E-state index contributed by atoms with van der Waals surface area (Å²) >= 11 is 0. The number of pyridine rings is 4. The van der Waals surface area contributed by atoms with Crippen molar-refractivity contribution in [3.8, 4) is 22.8 Å². The first-order valence-electron chi connectivity index (χ1n) is 13.1. The van der Waals surface area contributed by atoms with Crippen molar-refractivity contribution in [2.24, 2.45) is 0 Å². The summed E-state index contributed by atoms with van der Waals surface area (Å²) in [5.74, 6) is 0. The fraction of sp³-hybridized carbons (Fsp3) is 0.118. The number of nitrogens with zero attached hydrogens (tertiary/aromatic N) is 4. The van der Waals surface area contributed by atoms with Crippen LogP contribution in [0.1, 0.15) is 23.6 Å². The predicted octanol–water partition coefficient (Wildman–Crippen LogP) is 8.39. The monoisotopic (exact) mass is 490 g/mol. The largest absolute Gasteiger partial charge is 0.254 e. The van der Waals surface area contributed by atoms with Gasteiger partial charge in [-0.3, -0.25) is 4.98 Å². The zero-order chi connectivity index (χ0) is 25.8. The Bertz CT molecular complexity index is 2040. The summed E-state index contributed by atoms with van der Waals surface area (Å²) in [5.41, 5.74) is 9.81. The van der Waals surface area contributed by atoms with Crippen molar-refractivity contribution in [2.45, 2.75) is 27.2 Å². The normalized spacial score (nSPS) is 11.7. The molecule has 0 aliphatic rings. The summed E-state index contributed by atoms with van der Waals surface area (Å²) in [4.78, 5) is 20.1. The molecule has 0 fully saturated rings. The minimum Gasteiger partial charge on any atom is -0.254 e. The third-order valence-electron chi connectivity index (χ3n) is 7.49. The molecule has 0 spiro atoms. The van der Waals surface area contributed by atoms with E-state index in [-0.39, 0.29) is 0 Å². The van der Waals surface area contributed by atoms with Gasteiger partial charge in [0.25, 0.3) is 0 Å². The van der Waals surface area contributed by atoms with E-state index in [0.717, 1.165) is 73.0 Å². The second kappa shape index (κ2) is 8.70. The maximum absolute atomic E-state index is 5.21. The van der Waals surface area contributed by atoms with Crippen LogP contribution in [0.2, 0.25) is 0 Å². The van der Waals surface area contributed by atoms with Crippen molar-refractivity contribution < 1.29 is 0 Å². The quantitative estimate of drug-likeness (QED) is 0.233. The van der Waals surface area contributed by atoms with Crippen LogP contribution < -0.4 is 0 Å². The second-order valence-electron chi connectivity index (χ2n) is 9.93. The van der Waals surface area contributed by atoms with Gasteiger partial charge in [0.1, 0.15) is 0 Å². The molecule has 4 aromatic heterocycles. The number of fused-ring (bicyclic) bond motifs is 6. The van der Waals surface area contributed by atoms with Gasteiger partial charge in [0.2, 0.25) is 0 Å². The predicted molar refractivity (Wildman–Crippen MR) is 157 cm³/mol. The van der Waals surface area contributed by atoms with Gasteiger partial charge in [0.05, 0.1) is 39.3 Å². The van der Waals surface area contributed by atoms with Crippen molar-refractivity contribution in [3.63, 3.8) is 0 Å². The van der Waals surface area contributed by atoms with Gasteiger partial charge in [-0.05, 0) is 60.5 Å². The first kappa shape index (κ1) is 22.5. The van der Waals surface area contributed by atoms with Gasteiger partial charge in [0.15, 0.2) is 0 Å². The molecule has 7 aromatic rings. The first-order chi connectivity index (χ1) is 18.6. The number of hydrogen-bond donors (Lipinski definition) is 0. The zero-order valence-electron chi connectivity index (χ0n) is 21.7. The van der Waals surface area contributed by atoms with Crippen molar-refractivity contribution in [1.29, 1.82) is 0 Å². The van der Waals surface area contributed by atoms with Crippen LogP contribution in [0.25, 0.3) is 66.3 Å². The van der Waals surface area contributed by atoms with Crippen LogP contribution in [0.4, 0.5) is 0 Å². The summed E-state index contributed by atoms with van der Waals surface area (Å²) in [6.45, 7) is 6.41. The summed E-state index contributed by atoms with van der Waals surface area (Å²) in [5, 5.41) is 5.74. The molecule has 0 bridgehead atoms. The minimum absolute atomic E-state index is 0.842. The van der Waals surface area contributed by atoms with E-state index in [1.165, 1.54) is 16.3 Å². The Labute approximate surface area is 221 Å².